The summed E-state index contributed by atoms with van der Waals surface area (Å²) < 4.78 is 33.2. The number of sulfonamides is 1. The highest BCUT2D eigenvalue weighted by molar-refractivity contribution is 7.92. The van der Waals surface area contributed by atoms with Gasteiger partial charge in [-0.3, -0.25) is 14.5 Å². The molecule has 0 aromatic heterocycles. The summed E-state index contributed by atoms with van der Waals surface area (Å²) in [5, 5.41) is 11.4. The normalized spacial score (nSPS) is 13.9. The van der Waals surface area contributed by atoms with Crippen LogP contribution in [0.5, 0.6) is 5.75 Å². The first kappa shape index (κ1) is 30.0. The minimum absolute atomic E-state index is 0.00613. The van der Waals surface area contributed by atoms with E-state index in [-0.39, 0.29) is 29.5 Å². The largest absolute Gasteiger partial charge is 0.394 e. The number of anilines is 1. The van der Waals surface area contributed by atoms with Crippen molar-refractivity contribution in [2.24, 2.45) is 0 Å². The first-order chi connectivity index (χ1) is 19.9. The monoisotopic (exact) mass is 582 g/mol. The molecular weight excluding hydrogens is 548 g/mol. The van der Waals surface area contributed by atoms with Crippen molar-refractivity contribution in [3.05, 3.63) is 90.5 Å². The molecule has 0 unspecified atom stereocenters. The quantitative estimate of drug-likeness (QED) is 0.231. The summed E-state index contributed by atoms with van der Waals surface area (Å²) in [4.78, 5) is 34.9. The number of nitrogens with zero attached hydrogens (tertiary/aromatic N) is 3. The second-order valence-corrected chi connectivity index (χ2v) is 11.0. The fourth-order valence-corrected chi connectivity index (χ4v) is 5.45. The van der Waals surface area contributed by atoms with Gasteiger partial charge in [0.1, 0.15) is 0 Å². The highest BCUT2D eigenvalue weighted by Gasteiger charge is 2.28. The molecule has 3 aromatic carbocycles. The molecule has 3 aromatic rings. The summed E-state index contributed by atoms with van der Waals surface area (Å²) >= 11 is 0. The van der Waals surface area contributed by atoms with E-state index < -0.39 is 15.9 Å². The maximum absolute atomic E-state index is 13.5. The molecule has 0 atom stereocenters. The standard InChI is InChI=1S/C29H34N4O7S/c34-20-22-39-21-19-31-15-17-32(18-16-31)28(35)23-30-29(36)24-11-13-27(14-12-24)41(37,38)33(25-7-3-1-4-8-25)40-26-9-5-2-6-10-26/h1-14,34H,15-23H2,(H,30,36). The number of carbonyl (C=O) groups excluding carboxylic acids is 2. The minimum Gasteiger partial charge on any atom is -0.394 e. The van der Waals surface area contributed by atoms with Gasteiger partial charge in [0.25, 0.3) is 15.9 Å². The number of carbonyl (C=O) groups is 2. The fraction of sp³-hybridized carbons (Fsp3) is 0.310. The van der Waals surface area contributed by atoms with Crippen molar-refractivity contribution in [2.75, 3.05) is 63.6 Å². The summed E-state index contributed by atoms with van der Waals surface area (Å²) in [6.45, 7) is 3.89. The zero-order chi connectivity index (χ0) is 29.1. The highest BCUT2D eigenvalue weighted by atomic mass is 32.2. The topological polar surface area (TPSA) is 129 Å². The number of rotatable bonds is 13. The van der Waals surface area contributed by atoms with Gasteiger partial charge in [-0.2, -0.15) is 8.42 Å². The molecule has 2 amide bonds. The molecule has 0 spiro atoms. The third-order valence-corrected chi connectivity index (χ3v) is 8.03. The molecule has 4 rings (SSSR count). The maximum atomic E-state index is 13.5. The molecule has 0 bridgehead atoms. The van der Waals surface area contributed by atoms with Gasteiger partial charge in [-0.15, -0.1) is 0 Å². The molecule has 11 nitrogen and oxygen atoms in total. The predicted molar refractivity (Wildman–Crippen MR) is 153 cm³/mol. The van der Waals surface area contributed by atoms with Crippen LogP contribution >= 0.6 is 0 Å². The van der Waals surface area contributed by atoms with Gasteiger partial charge in [0.2, 0.25) is 5.91 Å². The van der Waals surface area contributed by atoms with Gasteiger partial charge < -0.3 is 24.9 Å². The zero-order valence-corrected chi connectivity index (χ0v) is 23.4. The minimum atomic E-state index is -4.15. The van der Waals surface area contributed by atoms with E-state index in [4.69, 9.17) is 14.7 Å². The van der Waals surface area contributed by atoms with E-state index in [0.29, 0.717) is 50.8 Å². The average Bonchev–Trinajstić information content (AvgIpc) is 3.02. The molecule has 0 aliphatic carbocycles. The number of para-hydroxylation sites is 2. The lowest BCUT2D eigenvalue weighted by Crippen LogP contribution is -2.51. The van der Waals surface area contributed by atoms with E-state index in [9.17, 15) is 18.0 Å². The van der Waals surface area contributed by atoms with Crippen molar-refractivity contribution in [2.45, 2.75) is 4.90 Å². The fourth-order valence-electron chi connectivity index (χ4n) is 4.19. The Kier molecular flexibility index (Phi) is 10.7. The van der Waals surface area contributed by atoms with E-state index in [1.54, 1.807) is 65.6 Å². The van der Waals surface area contributed by atoms with Crippen LogP contribution in [0, 0.1) is 0 Å². The van der Waals surface area contributed by atoms with Crippen molar-refractivity contribution in [3.63, 3.8) is 0 Å². The van der Waals surface area contributed by atoms with Crippen LogP contribution in [-0.2, 0) is 19.6 Å². The van der Waals surface area contributed by atoms with Crippen molar-refractivity contribution in [1.29, 1.82) is 0 Å². The summed E-state index contributed by atoms with van der Waals surface area (Å²) in [5.74, 6) is -0.332. The summed E-state index contributed by atoms with van der Waals surface area (Å²) in [5.41, 5.74) is 0.534. The number of aliphatic hydroxyl groups is 1. The van der Waals surface area contributed by atoms with Gasteiger partial charge >= 0.3 is 0 Å². The van der Waals surface area contributed by atoms with Crippen molar-refractivity contribution >= 4 is 27.5 Å². The van der Waals surface area contributed by atoms with Crippen molar-refractivity contribution in [3.8, 4) is 5.75 Å². The molecule has 41 heavy (non-hydrogen) atoms. The van der Waals surface area contributed by atoms with Gasteiger partial charge in [0, 0.05) is 38.3 Å². The van der Waals surface area contributed by atoms with Gasteiger partial charge in [-0.1, -0.05) is 40.9 Å². The first-order valence-corrected chi connectivity index (χ1v) is 14.7. The molecule has 1 saturated heterocycles. The molecule has 1 aliphatic heterocycles. The molecule has 0 saturated carbocycles. The number of aliphatic hydroxyl groups excluding tert-OH is 1. The average molecular weight is 583 g/mol. The van der Waals surface area contributed by atoms with E-state index in [1.165, 1.54) is 24.3 Å². The first-order valence-electron chi connectivity index (χ1n) is 13.3. The van der Waals surface area contributed by atoms with E-state index in [0.717, 1.165) is 11.0 Å². The zero-order valence-electron chi connectivity index (χ0n) is 22.6. The molecule has 1 heterocycles. The molecule has 218 valence electrons. The Morgan fingerprint density at radius 1 is 0.854 bits per heavy atom. The van der Waals surface area contributed by atoms with Gasteiger partial charge in [0.05, 0.1) is 36.9 Å². The second kappa shape index (κ2) is 14.6. The third kappa shape index (κ3) is 8.27. The second-order valence-electron chi connectivity index (χ2n) is 9.24. The molecule has 1 aliphatic rings. The van der Waals surface area contributed by atoms with Crippen LogP contribution in [0.25, 0.3) is 0 Å². The van der Waals surface area contributed by atoms with Gasteiger partial charge in [-0.25, -0.2) is 0 Å². The molecule has 2 N–H and O–H groups in total. The SMILES string of the molecule is O=C(NCC(=O)N1CCN(CCOCCO)CC1)c1ccc(S(=O)(=O)N(Oc2ccccc2)c2ccccc2)cc1. The lowest BCUT2D eigenvalue weighted by atomic mass is 10.2. The Hall–Kier alpha value is -3.97. The number of hydrogen-bond acceptors (Lipinski definition) is 8. The number of ether oxygens (including phenoxy) is 1. The molecule has 0 radical (unpaired) electrons. The Morgan fingerprint density at radius 2 is 1.49 bits per heavy atom. The van der Waals surface area contributed by atoms with Crippen molar-refractivity contribution in [1.82, 2.24) is 15.1 Å². The van der Waals surface area contributed by atoms with E-state index in [1.807, 2.05) is 0 Å². The van der Waals surface area contributed by atoms with Gasteiger partial charge in [0.15, 0.2) is 5.75 Å². The number of hydrogen-bond donors (Lipinski definition) is 2. The van der Waals surface area contributed by atoms with E-state index >= 15 is 0 Å². The van der Waals surface area contributed by atoms with Crippen LogP contribution in [0.3, 0.4) is 0 Å². The molecule has 1 fully saturated rings. The Morgan fingerprint density at radius 3 is 2.12 bits per heavy atom. The van der Waals surface area contributed by atoms with Crippen LogP contribution in [0.15, 0.2) is 89.8 Å². The lowest BCUT2D eigenvalue weighted by molar-refractivity contribution is -0.131. The Balaban J connectivity index is 1.33. The van der Waals surface area contributed by atoms with Gasteiger partial charge in [-0.05, 0) is 48.5 Å². The molecular formula is C29H34N4O7S. The number of amides is 2. The predicted octanol–water partition coefficient (Wildman–Crippen LogP) is 1.76. The van der Waals surface area contributed by atoms with Crippen LogP contribution in [0.4, 0.5) is 5.69 Å². The van der Waals surface area contributed by atoms with Crippen LogP contribution < -0.4 is 14.6 Å². The maximum Gasteiger partial charge on any atom is 0.295 e. The Labute approximate surface area is 239 Å². The summed E-state index contributed by atoms with van der Waals surface area (Å²) in [6.07, 6.45) is 0. The summed E-state index contributed by atoms with van der Waals surface area (Å²) in [6, 6.07) is 22.5. The number of benzene rings is 3. The van der Waals surface area contributed by atoms with Crippen molar-refractivity contribution < 1.29 is 32.7 Å². The van der Waals surface area contributed by atoms with Crippen LogP contribution in [0.2, 0.25) is 0 Å². The smallest absolute Gasteiger partial charge is 0.295 e. The Bertz CT molecular complexity index is 1370. The third-order valence-electron chi connectivity index (χ3n) is 6.44. The number of nitrogens with one attached hydrogen (secondary N) is 1. The summed E-state index contributed by atoms with van der Waals surface area (Å²) in [7, 11) is -4.15. The number of piperazine rings is 1. The molecule has 12 heteroatoms. The highest BCUT2D eigenvalue weighted by Crippen LogP contribution is 2.26. The van der Waals surface area contributed by atoms with Crippen LogP contribution in [-0.4, -0.2) is 94.2 Å². The van der Waals surface area contributed by atoms with Crippen LogP contribution in [0.1, 0.15) is 10.4 Å². The van der Waals surface area contributed by atoms with E-state index in [2.05, 4.69) is 10.2 Å². The lowest BCUT2D eigenvalue weighted by Gasteiger charge is -2.34.